The quantitative estimate of drug-likeness (QED) is 0.858. The minimum absolute atomic E-state index is 0.00199. The van der Waals surface area contributed by atoms with Crippen LogP contribution in [-0.4, -0.2) is 40.2 Å². The summed E-state index contributed by atoms with van der Waals surface area (Å²) in [5.74, 6) is -0.231. The number of benzene rings is 1. The Hall–Kier alpha value is -1.55. The Morgan fingerprint density at radius 2 is 2.00 bits per heavy atom. The molecule has 0 heterocycles. The standard InChI is InChI=1S/C15H21NO3/c1-10-7-8-11(14(18)9-10)15(19)16(2)12-5-3-4-6-13(12)17/h7-9,12-13,17-18H,3-6H2,1-2H3. The smallest absolute Gasteiger partial charge is 0.257 e. The van der Waals surface area contributed by atoms with E-state index in [0.29, 0.717) is 5.56 Å². The third-order valence-electron chi connectivity index (χ3n) is 3.90. The predicted octanol–water partition coefficient (Wildman–Crippen LogP) is 2.08. The zero-order valence-corrected chi connectivity index (χ0v) is 11.5. The van der Waals surface area contributed by atoms with Gasteiger partial charge in [0.1, 0.15) is 5.75 Å². The van der Waals surface area contributed by atoms with Gasteiger partial charge in [0.15, 0.2) is 0 Å². The van der Waals surface area contributed by atoms with E-state index in [1.165, 1.54) is 0 Å². The molecule has 1 aromatic rings. The first-order valence-corrected chi connectivity index (χ1v) is 6.75. The number of aliphatic hydroxyl groups excluding tert-OH is 1. The molecule has 1 fully saturated rings. The van der Waals surface area contributed by atoms with E-state index in [4.69, 9.17) is 0 Å². The van der Waals surface area contributed by atoms with Crippen molar-refractivity contribution in [3.05, 3.63) is 29.3 Å². The molecule has 0 spiro atoms. The van der Waals surface area contributed by atoms with Crippen LogP contribution in [-0.2, 0) is 0 Å². The molecule has 2 atom stereocenters. The Kier molecular flexibility index (Phi) is 4.10. The molecule has 104 valence electrons. The molecule has 2 unspecified atom stereocenters. The van der Waals surface area contributed by atoms with Gasteiger partial charge in [-0.3, -0.25) is 4.79 Å². The minimum atomic E-state index is -0.463. The maximum Gasteiger partial charge on any atom is 0.257 e. The fourth-order valence-electron chi connectivity index (χ4n) is 2.71. The number of aliphatic hydroxyl groups is 1. The van der Waals surface area contributed by atoms with Gasteiger partial charge in [0.05, 0.1) is 17.7 Å². The number of phenolic OH excluding ortho intramolecular Hbond substituents is 1. The lowest BCUT2D eigenvalue weighted by Crippen LogP contribution is -2.46. The fraction of sp³-hybridized carbons (Fsp3) is 0.533. The molecule has 19 heavy (non-hydrogen) atoms. The summed E-state index contributed by atoms with van der Waals surface area (Å²) in [4.78, 5) is 13.9. The Bertz CT molecular complexity index is 472. The number of hydrogen-bond donors (Lipinski definition) is 2. The minimum Gasteiger partial charge on any atom is -0.507 e. The first-order valence-electron chi connectivity index (χ1n) is 6.75. The number of amides is 1. The van der Waals surface area contributed by atoms with E-state index >= 15 is 0 Å². The summed E-state index contributed by atoms with van der Waals surface area (Å²) in [5, 5.41) is 19.9. The second-order valence-electron chi connectivity index (χ2n) is 5.36. The van der Waals surface area contributed by atoms with Crippen LogP contribution >= 0.6 is 0 Å². The number of aromatic hydroxyl groups is 1. The molecule has 0 saturated heterocycles. The summed E-state index contributed by atoms with van der Waals surface area (Å²) in [6, 6.07) is 4.87. The Morgan fingerprint density at radius 3 is 2.63 bits per heavy atom. The summed E-state index contributed by atoms with van der Waals surface area (Å²) >= 11 is 0. The van der Waals surface area contributed by atoms with Crippen molar-refractivity contribution >= 4 is 5.91 Å². The number of carbonyl (C=O) groups is 1. The largest absolute Gasteiger partial charge is 0.507 e. The topological polar surface area (TPSA) is 60.8 Å². The normalized spacial score (nSPS) is 23.1. The molecule has 4 nitrogen and oxygen atoms in total. The van der Waals surface area contributed by atoms with Crippen LogP contribution in [0.1, 0.15) is 41.6 Å². The average Bonchev–Trinajstić information content (AvgIpc) is 2.38. The molecule has 2 rings (SSSR count). The third kappa shape index (κ3) is 2.89. The molecule has 1 aliphatic carbocycles. The van der Waals surface area contributed by atoms with Crippen LogP contribution in [0.2, 0.25) is 0 Å². The number of hydrogen-bond acceptors (Lipinski definition) is 3. The van der Waals surface area contributed by atoms with Crippen molar-refractivity contribution in [3.63, 3.8) is 0 Å². The summed E-state index contributed by atoms with van der Waals surface area (Å²) in [7, 11) is 1.70. The lowest BCUT2D eigenvalue weighted by Gasteiger charge is -2.35. The van der Waals surface area contributed by atoms with Gasteiger partial charge >= 0.3 is 0 Å². The molecule has 2 N–H and O–H groups in total. The van der Waals surface area contributed by atoms with Gasteiger partial charge in [-0.15, -0.1) is 0 Å². The van der Waals surface area contributed by atoms with E-state index in [1.807, 2.05) is 6.92 Å². The van der Waals surface area contributed by atoms with Crippen LogP contribution < -0.4 is 0 Å². The number of carbonyl (C=O) groups excluding carboxylic acids is 1. The maximum absolute atomic E-state index is 12.4. The van der Waals surface area contributed by atoms with Crippen LogP contribution in [0.5, 0.6) is 5.75 Å². The number of nitrogens with zero attached hydrogens (tertiary/aromatic N) is 1. The fourth-order valence-corrected chi connectivity index (χ4v) is 2.71. The Balaban J connectivity index is 2.18. The van der Waals surface area contributed by atoms with Gasteiger partial charge in [-0.05, 0) is 37.5 Å². The highest BCUT2D eigenvalue weighted by molar-refractivity contribution is 5.97. The molecule has 1 aliphatic rings. The second-order valence-corrected chi connectivity index (χ2v) is 5.36. The lowest BCUT2D eigenvalue weighted by atomic mass is 9.91. The lowest BCUT2D eigenvalue weighted by molar-refractivity contribution is 0.0266. The van der Waals surface area contributed by atoms with Crippen LogP contribution in [0.3, 0.4) is 0 Å². The van der Waals surface area contributed by atoms with Crippen LogP contribution in [0.25, 0.3) is 0 Å². The van der Waals surface area contributed by atoms with E-state index in [-0.39, 0.29) is 17.7 Å². The van der Waals surface area contributed by atoms with Crippen molar-refractivity contribution in [1.82, 2.24) is 4.90 Å². The van der Waals surface area contributed by atoms with Crippen molar-refractivity contribution in [2.45, 2.75) is 44.8 Å². The van der Waals surface area contributed by atoms with Gasteiger partial charge in [0, 0.05) is 7.05 Å². The highest BCUT2D eigenvalue weighted by Crippen LogP contribution is 2.26. The zero-order chi connectivity index (χ0) is 14.0. The molecular weight excluding hydrogens is 242 g/mol. The monoisotopic (exact) mass is 263 g/mol. The Morgan fingerprint density at radius 1 is 1.32 bits per heavy atom. The van der Waals surface area contributed by atoms with Crippen molar-refractivity contribution in [2.24, 2.45) is 0 Å². The van der Waals surface area contributed by atoms with Gasteiger partial charge in [-0.1, -0.05) is 18.9 Å². The van der Waals surface area contributed by atoms with Gasteiger partial charge in [-0.2, -0.15) is 0 Å². The van der Waals surface area contributed by atoms with Gasteiger partial charge < -0.3 is 15.1 Å². The third-order valence-corrected chi connectivity index (χ3v) is 3.90. The van der Waals surface area contributed by atoms with Gasteiger partial charge in [-0.25, -0.2) is 0 Å². The highest BCUT2D eigenvalue weighted by atomic mass is 16.3. The number of likely N-dealkylation sites (N-methyl/N-ethyl adjacent to an activating group) is 1. The average molecular weight is 263 g/mol. The predicted molar refractivity (Wildman–Crippen MR) is 73.2 cm³/mol. The maximum atomic E-state index is 12.4. The summed E-state index contributed by atoms with van der Waals surface area (Å²) in [6.07, 6.45) is 3.13. The van der Waals surface area contributed by atoms with E-state index in [0.717, 1.165) is 31.2 Å². The first kappa shape index (κ1) is 13.9. The number of rotatable bonds is 2. The summed E-state index contributed by atoms with van der Waals surface area (Å²) in [6.45, 7) is 1.86. The zero-order valence-electron chi connectivity index (χ0n) is 11.5. The molecule has 0 aliphatic heterocycles. The second kappa shape index (κ2) is 5.61. The molecule has 0 radical (unpaired) electrons. The SMILES string of the molecule is Cc1ccc(C(=O)N(C)C2CCCCC2O)c(O)c1. The van der Waals surface area contributed by atoms with Crippen LogP contribution in [0.15, 0.2) is 18.2 Å². The molecular formula is C15H21NO3. The van der Waals surface area contributed by atoms with Crippen molar-refractivity contribution < 1.29 is 15.0 Å². The number of aryl methyl sites for hydroxylation is 1. The molecule has 1 aromatic carbocycles. The molecule has 1 saturated carbocycles. The molecule has 4 heteroatoms. The highest BCUT2D eigenvalue weighted by Gasteiger charge is 2.30. The van der Waals surface area contributed by atoms with Crippen LogP contribution in [0.4, 0.5) is 0 Å². The van der Waals surface area contributed by atoms with Gasteiger partial charge in [0.25, 0.3) is 5.91 Å². The molecule has 1 amide bonds. The Labute approximate surface area is 113 Å². The molecule has 0 aromatic heterocycles. The first-order chi connectivity index (χ1) is 9.00. The van der Waals surface area contributed by atoms with Gasteiger partial charge in [0.2, 0.25) is 0 Å². The van der Waals surface area contributed by atoms with E-state index in [1.54, 1.807) is 30.1 Å². The van der Waals surface area contributed by atoms with E-state index < -0.39 is 6.10 Å². The van der Waals surface area contributed by atoms with Crippen molar-refractivity contribution in [1.29, 1.82) is 0 Å². The van der Waals surface area contributed by atoms with Crippen LogP contribution in [0, 0.1) is 6.92 Å². The van der Waals surface area contributed by atoms with E-state index in [2.05, 4.69) is 0 Å². The summed E-state index contributed by atoms with van der Waals surface area (Å²) in [5.41, 5.74) is 1.21. The van der Waals surface area contributed by atoms with Crippen molar-refractivity contribution in [2.75, 3.05) is 7.05 Å². The van der Waals surface area contributed by atoms with E-state index in [9.17, 15) is 15.0 Å². The summed E-state index contributed by atoms with van der Waals surface area (Å²) < 4.78 is 0. The molecule has 0 bridgehead atoms. The van der Waals surface area contributed by atoms with Crippen molar-refractivity contribution in [3.8, 4) is 5.75 Å². The number of phenols is 1.